The third-order valence-electron chi connectivity index (χ3n) is 2.72. The van der Waals surface area contributed by atoms with Crippen LogP contribution >= 0.6 is 0 Å². The summed E-state index contributed by atoms with van der Waals surface area (Å²) in [6.07, 6.45) is 1.14. The largest absolute Gasteiger partial charge is 0.356 e. The van der Waals surface area contributed by atoms with E-state index in [9.17, 15) is 9.18 Å². The molecule has 0 saturated heterocycles. The second-order valence-corrected chi connectivity index (χ2v) is 3.98. The number of amides is 1. The fourth-order valence-corrected chi connectivity index (χ4v) is 1.75. The summed E-state index contributed by atoms with van der Waals surface area (Å²) < 4.78 is 12.8. The second-order valence-electron chi connectivity index (χ2n) is 3.98. The molecule has 3 nitrogen and oxygen atoms in total. The van der Waals surface area contributed by atoms with Gasteiger partial charge in [-0.25, -0.2) is 4.39 Å². The summed E-state index contributed by atoms with van der Waals surface area (Å²) in [7, 11) is 0. The molecule has 17 heavy (non-hydrogen) atoms. The first-order valence-corrected chi connectivity index (χ1v) is 5.89. The van der Waals surface area contributed by atoms with Crippen molar-refractivity contribution < 1.29 is 9.18 Å². The summed E-state index contributed by atoms with van der Waals surface area (Å²) in [5, 5.41) is 2.75. The Morgan fingerprint density at radius 1 is 1.41 bits per heavy atom. The standard InChI is InChI=1S/C13H19FN2O/c1-2-16-13(17)8-5-11(9-15)10-3-6-12(14)7-4-10/h3-4,6-7,11H,2,5,8-9,15H2,1H3,(H,16,17). The van der Waals surface area contributed by atoms with Crippen molar-refractivity contribution in [1.29, 1.82) is 0 Å². The molecule has 1 amide bonds. The third kappa shape index (κ3) is 4.53. The lowest BCUT2D eigenvalue weighted by atomic mass is 9.94. The number of carbonyl (C=O) groups is 1. The topological polar surface area (TPSA) is 55.1 Å². The van der Waals surface area contributed by atoms with E-state index in [2.05, 4.69) is 5.32 Å². The maximum atomic E-state index is 12.8. The number of carbonyl (C=O) groups excluding carboxylic acids is 1. The zero-order valence-corrected chi connectivity index (χ0v) is 10.1. The Labute approximate surface area is 101 Å². The minimum Gasteiger partial charge on any atom is -0.356 e. The third-order valence-corrected chi connectivity index (χ3v) is 2.72. The molecule has 0 aliphatic carbocycles. The lowest BCUT2D eigenvalue weighted by molar-refractivity contribution is -0.121. The highest BCUT2D eigenvalue weighted by molar-refractivity contribution is 5.75. The van der Waals surface area contributed by atoms with Gasteiger partial charge in [-0.3, -0.25) is 4.79 Å². The molecule has 1 aromatic carbocycles. The maximum absolute atomic E-state index is 12.8. The van der Waals surface area contributed by atoms with Crippen LogP contribution in [0.15, 0.2) is 24.3 Å². The molecule has 1 rings (SSSR count). The number of halogens is 1. The number of nitrogens with two attached hydrogens (primary N) is 1. The van der Waals surface area contributed by atoms with Gasteiger partial charge < -0.3 is 11.1 Å². The van der Waals surface area contributed by atoms with Gasteiger partial charge in [-0.15, -0.1) is 0 Å². The lowest BCUT2D eigenvalue weighted by Gasteiger charge is -2.14. The lowest BCUT2D eigenvalue weighted by Crippen LogP contribution is -2.24. The predicted octanol–water partition coefficient (Wildman–Crippen LogP) is 1.78. The molecule has 1 atom stereocenters. The molecule has 1 aromatic rings. The summed E-state index contributed by atoms with van der Waals surface area (Å²) in [6, 6.07) is 6.30. The average Bonchev–Trinajstić information content (AvgIpc) is 2.32. The molecule has 1 unspecified atom stereocenters. The Morgan fingerprint density at radius 3 is 2.59 bits per heavy atom. The first-order chi connectivity index (χ1) is 8.17. The minimum absolute atomic E-state index is 0.0352. The van der Waals surface area contributed by atoms with Gasteiger partial charge in [0.05, 0.1) is 0 Å². The number of hydrogen-bond acceptors (Lipinski definition) is 2. The summed E-state index contributed by atoms with van der Waals surface area (Å²) in [4.78, 5) is 11.3. The van der Waals surface area contributed by atoms with Gasteiger partial charge in [0, 0.05) is 13.0 Å². The van der Waals surface area contributed by atoms with E-state index in [0.717, 1.165) is 5.56 Å². The first-order valence-electron chi connectivity index (χ1n) is 5.89. The fraction of sp³-hybridized carbons (Fsp3) is 0.462. The second kappa shape index (κ2) is 7.01. The Kier molecular flexibility index (Phi) is 5.63. The molecule has 0 fully saturated rings. The van der Waals surface area contributed by atoms with Gasteiger partial charge in [-0.1, -0.05) is 12.1 Å². The molecule has 0 spiro atoms. The summed E-state index contributed by atoms with van der Waals surface area (Å²) >= 11 is 0. The van der Waals surface area contributed by atoms with Crippen LogP contribution in [0.4, 0.5) is 4.39 Å². The first kappa shape index (κ1) is 13.6. The minimum atomic E-state index is -0.256. The maximum Gasteiger partial charge on any atom is 0.220 e. The van der Waals surface area contributed by atoms with Crippen molar-refractivity contribution in [3.8, 4) is 0 Å². The predicted molar refractivity (Wildman–Crippen MR) is 66.1 cm³/mol. The van der Waals surface area contributed by atoms with E-state index < -0.39 is 0 Å². The Morgan fingerprint density at radius 2 is 2.06 bits per heavy atom. The van der Waals surface area contributed by atoms with Crippen LogP contribution in [0.1, 0.15) is 31.2 Å². The van der Waals surface area contributed by atoms with Crippen molar-refractivity contribution >= 4 is 5.91 Å². The molecular formula is C13H19FN2O. The number of benzene rings is 1. The van der Waals surface area contributed by atoms with Gasteiger partial charge in [0.15, 0.2) is 0 Å². The molecule has 0 aliphatic heterocycles. The molecule has 0 aliphatic rings. The molecule has 0 radical (unpaired) electrons. The quantitative estimate of drug-likeness (QED) is 0.793. The normalized spacial score (nSPS) is 12.2. The van der Waals surface area contributed by atoms with Crippen molar-refractivity contribution in [1.82, 2.24) is 5.32 Å². The Hall–Kier alpha value is -1.42. The van der Waals surface area contributed by atoms with Gasteiger partial charge in [0.2, 0.25) is 5.91 Å². The smallest absolute Gasteiger partial charge is 0.220 e. The van der Waals surface area contributed by atoms with Crippen LogP contribution < -0.4 is 11.1 Å². The van der Waals surface area contributed by atoms with Gasteiger partial charge in [0.1, 0.15) is 5.82 Å². The van der Waals surface area contributed by atoms with Crippen LogP contribution in [0, 0.1) is 5.82 Å². The molecular weight excluding hydrogens is 219 g/mol. The molecule has 0 aromatic heterocycles. The highest BCUT2D eigenvalue weighted by Crippen LogP contribution is 2.20. The number of hydrogen-bond donors (Lipinski definition) is 2. The SMILES string of the molecule is CCNC(=O)CCC(CN)c1ccc(F)cc1. The van der Waals surface area contributed by atoms with Crippen molar-refractivity contribution in [3.63, 3.8) is 0 Å². The van der Waals surface area contributed by atoms with Crippen LogP contribution in [-0.4, -0.2) is 19.0 Å². The average molecular weight is 238 g/mol. The van der Waals surface area contributed by atoms with E-state index in [1.54, 1.807) is 12.1 Å². The highest BCUT2D eigenvalue weighted by atomic mass is 19.1. The Balaban J connectivity index is 2.54. The highest BCUT2D eigenvalue weighted by Gasteiger charge is 2.11. The Bertz CT molecular complexity index is 351. The zero-order valence-electron chi connectivity index (χ0n) is 10.1. The van der Waals surface area contributed by atoms with Gasteiger partial charge in [0.25, 0.3) is 0 Å². The molecule has 4 heteroatoms. The molecule has 0 saturated carbocycles. The number of rotatable bonds is 6. The van der Waals surface area contributed by atoms with Crippen molar-refractivity contribution in [2.24, 2.45) is 5.73 Å². The van der Waals surface area contributed by atoms with Gasteiger partial charge in [-0.2, -0.15) is 0 Å². The van der Waals surface area contributed by atoms with Crippen LogP contribution in [0.3, 0.4) is 0 Å². The van der Waals surface area contributed by atoms with Crippen molar-refractivity contribution in [2.45, 2.75) is 25.7 Å². The number of nitrogens with one attached hydrogen (secondary N) is 1. The molecule has 3 N–H and O–H groups in total. The van der Waals surface area contributed by atoms with Gasteiger partial charge in [-0.05, 0) is 43.5 Å². The van der Waals surface area contributed by atoms with E-state index >= 15 is 0 Å². The van der Waals surface area contributed by atoms with E-state index in [4.69, 9.17) is 5.73 Å². The van der Waals surface area contributed by atoms with E-state index in [1.165, 1.54) is 12.1 Å². The molecule has 0 heterocycles. The molecule has 0 bridgehead atoms. The summed E-state index contributed by atoms with van der Waals surface area (Å²) in [6.45, 7) is 2.99. The van der Waals surface area contributed by atoms with E-state index in [1.807, 2.05) is 6.92 Å². The van der Waals surface area contributed by atoms with Crippen LogP contribution in [0.2, 0.25) is 0 Å². The van der Waals surface area contributed by atoms with Crippen LogP contribution in [0.5, 0.6) is 0 Å². The zero-order chi connectivity index (χ0) is 12.7. The fourth-order valence-electron chi connectivity index (χ4n) is 1.75. The summed E-state index contributed by atoms with van der Waals surface area (Å²) in [5.74, 6) is -0.112. The summed E-state index contributed by atoms with van der Waals surface area (Å²) in [5.41, 5.74) is 6.66. The van der Waals surface area contributed by atoms with E-state index in [-0.39, 0.29) is 17.6 Å². The van der Waals surface area contributed by atoms with Crippen LogP contribution in [-0.2, 0) is 4.79 Å². The van der Waals surface area contributed by atoms with E-state index in [0.29, 0.717) is 25.9 Å². The molecule has 94 valence electrons. The van der Waals surface area contributed by atoms with Crippen LogP contribution in [0.25, 0.3) is 0 Å². The van der Waals surface area contributed by atoms with Crippen molar-refractivity contribution in [3.05, 3.63) is 35.6 Å². The monoisotopic (exact) mass is 238 g/mol. The van der Waals surface area contributed by atoms with Gasteiger partial charge >= 0.3 is 0 Å². The van der Waals surface area contributed by atoms with Crippen molar-refractivity contribution in [2.75, 3.05) is 13.1 Å².